The molecule has 6 heterocycles. The van der Waals surface area contributed by atoms with Gasteiger partial charge in [0, 0.05) is 98.9 Å². The zero-order valence-electron chi connectivity index (χ0n) is 42.0. The quantitative estimate of drug-likeness (QED) is 0.192. The number of hydrazine groups is 1. The molecular weight excluding hydrogens is 897 g/mol. The molecule has 0 radical (unpaired) electrons. The van der Waals surface area contributed by atoms with Gasteiger partial charge in [-0.25, -0.2) is 15.2 Å². The van der Waals surface area contributed by atoms with E-state index in [4.69, 9.17) is 19.4 Å². The molecule has 18 heteroatoms. The Hall–Kier alpha value is -5.43. The van der Waals surface area contributed by atoms with Crippen molar-refractivity contribution in [3.8, 4) is 22.5 Å². The SMILES string of the molecule is CCn1c(-c2cccnc2[C@H](C)OC)c2c3cc(ccc31)-c1csc(n1)C[C@H](NC(=O)C(C(C)C)N(C)C(=O)N1CCN(C(=O)C3(N(C)C)CC3)CC1)C(=O)N1CCC[C@H](N1)C(=O)OCC(C)(C)C2. The second-order valence-electron chi connectivity index (χ2n) is 20.6. The molecular formula is C51H70N10O7S. The molecule has 4 aromatic rings. The smallest absolute Gasteiger partial charge is 0.324 e. The molecule has 4 aliphatic rings. The number of nitrogens with zero attached hydrogens (tertiary/aromatic N) is 8. The molecule has 1 aliphatic carbocycles. The van der Waals surface area contributed by atoms with Crippen LogP contribution in [0, 0.1) is 11.3 Å². The summed E-state index contributed by atoms with van der Waals surface area (Å²) in [5, 5.41) is 8.15. The minimum absolute atomic E-state index is 0.0783. The van der Waals surface area contributed by atoms with Gasteiger partial charge in [0.05, 0.1) is 34.8 Å². The van der Waals surface area contributed by atoms with Crippen molar-refractivity contribution in [2.75, 3.05) is 67.6 Å². The number of thiazole rings is 1. The summed E-state index contributed by atoms with van der Waals surface area (Å²) in [5.41, 5.74) is 8.84. The van der Waals surface area contributed by atoms with Gasteiger partial charge >= 0.3 is 12.0 Å². The van der Waals surface area contributed by atoms with Crippen molar-refractivity contribution < 1.29 is 33.4 Å². The molecule has 4 atom stereocenters. The van der Waals surface area contributed by atoms with Crippen molar-refractivity contribution in [2.45, 2.75) is 116 Å². The number of aromatic nitrogens is 3. The van der Waals surface area contributed by atoms with E-state index in [0.717, 1.165) is 57.5 Å². The first-order valence-electron chi connectivity index (χ1n) is 24.5. The number of urea groups is 1. The number of benzene rings is 1. The van der Waals surface area contributed by atoms with E-state index in [1.165, 1.54) is 21.2 Å². The van der Waals surface area contributed by atoms with Crippen LogP contribution in [0.2, 0.25) is 0 Å². The maximum absolute atomic E-state index is 14.7. The van der Waals surface area contributed by atoms with Gasteiger partial charge in [-0.05, 0) is 95.8 Å². The molecule has 2 saturated heterocycles. The molecule has 3 aromatic heterocycles. The zero-order chi connectivity index (χ0) is 49.5. The summed E-state index contributed by atoms with van der Waals surface area (Å²) in [5.74, 6) is -1.56. The van der Waals surface area contributed by atoms with E-state index in [1.807, 2.05) is 56.1 Å². The van der Waals surface area contributed by atoms with Crippen molar-refractivity contribution in [3.63, 3.8) is 0 Å². The average Bonchev–Trinajstić information content (AvgIpc) is 3.95. The van der Waals surface area contributed by atoms with E-state index in [2.05, 4.69) is 60.3 Å². The number of amides is 5. The topological polar surface area (TPSA) is 175 Å². The highest BCUT2D eigenvalue weighted by atomic mass is 32.1. The number of esters is 1. The monoisotopic (exact) mass is 967 g/mol. The highest BCUT2D eigenvalue weighted by Gasteiger charge is 2.54. The van der Waals surface area contributed by atoms with E-state index < -0.39 is 46.9 Å². The number of carbonyl (C=O) groups is 5. The van der Waals surface area contributed by atoms with Gasteiger partial charge < -0.3 is 34.1 Å². The minimum atomic E-state index is -1.08. The largest absolute Gasteiger partial charge is 0.464 e. The first-order chi connectivity index (χ1) is 32.9. The highest BCUT2D eigenvalue weighted by Crippen LogP contribution is 2.43. The van der Waals surface area contributed by atoms with Gasteiger partial charge in [0.25, 0.3) is 5.91 Å². The predicted octanol–water partition coefficient (Wildman–Crippen LogP) is 5.52. The third-order valence-corrected chi connectivity index (χ3v) is 15.5. The number of pyridine rings is 1. The number of hydrogen-bond acceptors (Lipinski definition) is 12. The second kappa shape index (κ2) is 20.1. The Bertz CT molecular complexity index is 2580. The van der Waals surface area contributed by atoms with Crippen LogP contribution < -0.4 is 10.7 Å². The van der Waals surface area contributed by atoms with E-state index in [0.29, 0.717) is 63.5 Å². The van der Waals surface area contributed by atoms with E-state index in [9.17, 15) is 24.0 Å². The zero-order valence-corrected chi connectivity index (χ0v) is 42.8. The molecule has 17 nitrogen and oxygen atoms in total. The molecule has 8 rings (SSSR count). The van der Waals surface area contributed by atoms with Gasteiger partial charge in [0.2, 0.25) is 11.8 Å². The number of piperazine rings is 1. The molecule has 1 saturated carbocycles. The summed E-state index contributed by atoms with van der Waals surface area (Å²) in [7, 11) is 7.17. The Kier molecular flexibility index (Phi) is 14.6. The lowest BCUT2D eigenvalue weighted by molar-refractivity contribution is -0.155. The molecule has 3 aliphatic heterocycles. The molecule has 6 bridgehead atoms. The Morgan fingerprint density at radius 1 is 1.03 bits per heavy atom. The first-order valence-corrected chi connectivity index (χ1v) is 25.4. The Balaban J connectivity index is 1.10. The number of nitrogens with one attached hydrogen (secondary N) is 2. The Morgan fingerprint density at radius 3 is 2.42 bits per heavy atom. The molecule has 1 unspecified atom stereocenters. The Labute approximate surface area is 409 Å². The maximum atomic E-state index is 14.7. The number of aryl methyl sites for hydroxylation is 1. The summed E-state index contributed by atoms with van der Waals surface area (Å²) < 4.78 is 14.3. The summed E-state index contributed by atoms with van der Waals surface area (Å²) in [6.45, 7) is 14.7. The van der Waals surface area contributed by atoms with Crippen LogP contribution in [0.15, 0.2) is 41.9 Å². The van der Waals surface area contributed by atoms with Crippen molar-refractivity contribution in [3.05, 3.63) is 58.2 Å². The molecule has 3 fully saturated rings. The second-order valence-corrected chi connectivity index (χ2v) is 21.5. The number of rotatable bonds is 10. The van der Waals surface area contributed by atoms with Crippen LogP contribution in [0.4, 0.5) is 4.79 Å². The Morgan fingerprint density at radius 2 is 1.75 bits per heavy atom. The lowest BCUT2D eigenvalue weighted by atomic mass is 9.84. The van der Waals surface area contributed by atoms with Crippen molar-refractivity contribution in [1.29, 1.82) is 0 Å². The normalized spacial score (nSPS) is 21.5. The number of carbonyl (C=O) groups excluding carboxylic acids is 5. The summed E-state index contributed by atoms with van der Waals surface area (Å²) in [4.78, 5) is 87.6. The van der Waals surface area contributed by atoms with Crippen molar-refractivity contribution in [1.82, 2.24) is 49.9 Å². The van der Waals surface area contributed by atoms with Crippen LogP contribution in [0.25, 0.3) is 33.4 Å². The lowest BCUT2D eigenvalue weighted by Crippen LogP contribution is -2.63. The first kappa shape index (κ1) is 50.0. The standard InChI is InChI=1S/C51H70N10O7S/c1-11-60-40-17-16-33-26-35(40)36(44(60)34-14-12-20-52-42(34)32(4)67-10)28-50(5,6)30-68-47(64)37-15-13-21-61(55-37)46(63)38(27-41-53-39(33)29-69-41)54-45(62)43(31(2)3)57(9)49(66)59-24-22-58(23-25-59)48(65)51(18-19-51)56(7)8/h12,14,16-17,20,26,29,31-32,37-38,43,55H,11,13,15,18-19,21-25,27-28,30H2,1-10H3,(H,54,62)/t32-,37-,38-,43?/m0/s1. The van der Waals surface area contributed by atoms with Gasteiger partial charge in [-0.15, -0.1) is 11.3 Å². The number of hydrogen-bond donors (Lipinski definition) is 2. The van der Waals surface area contributed by atoms with Gasteiger partial charge in [-0.2, -0.15) is 0 Å². The molecule has 2 N–H and O–H groups in total. The van der Waals surface area contributed by atoms with Gasteiger partial charge in [-0.1, -0.05) is 33.8 Å². The van der Waals surface area contributed by atoms with Crippen molar-refractivity contribution in [2.24, 2.45) is 11.3 Å². The van der Waals surface area contributed by atoms with E-state index in [-0.39, 0.29) is 37.0 Å². The van der Waals surface area contributed by atoms with E-state index >= 15 is 0 Å². The van der Waals surface area contributed by atoms with Gasteiger partial charge in [0.15, 0.2) is 0 Å². The average molecular weight is 967 g/mol. The van der Waals surface area contributed by atoms with Gasteiger partial charge in [0.1, 0.15) is 23.7 Å². The fourth-order valence-corrected chi connectivity index (χ4v) is 11.3. The van der Waals surface area contributed by atoms with Gasteiger partial charge in [-0.3, -0.25) is 34.1 Å². The number of cyclic esters (lactones) is 1. The fourth-order valence-electron chi connectivity index (χ4n) is 10.5. The molecule has 372 valence electrons. The van der Waals surface area contributed by atoms with Crippen LogP contribution in [-0.2, 0) is 48.0 Å². The van der Waals surface area contributed by atoms with Crippen LogP contribution in [0.3, 0.4) is 0 Å². The van der Waals surface area contributed by atoms with Crippen LogP contribution in [0.1, 0.15) is 89.6 Å². The third kappa shape index (κ3) is 9.99. The maximum Gasteiger partial charge on any atom is 0.324 e. The van der Waals surface area contributed by atoms with Crippen LogP contribution in [-0.4, -0.2) is 160 Å². The number of likely N-dealkylation sites (N-methyl/N-ethyl adjacent to an activating group) is 2. The summed E-state index contributed by atoms with van der Waals surface area (Å²) in [6, 6.07) is 7.32. The van der Waals surface area contributed by atoms with Crippen LogP contribution in [0.5, 0.6) is 0 Å². The third-order valence-electron chi connectivity index (χ3n) is 14.6. The summed E-state index contributed by atoms with van der Waals surface area (Å²) >= 11 is 1.41. The fraction of sp³-hybridized carbons (Fsp3) is 0.588. The van der Waals surface area contributed by atoms with Crippen LogP contribution >= 0.6 is 11.3 Å². The minimum Gasteiger partial charge on any atom is -0.464 e. The molecule has 1 aromatic carbocycles. The number of ether oxygens (including phenoxy) is 2. The predicted molar refractivity (Wildman–Crippen MR) is 265 cm³/mol. The summed E-state index contributed by atoms with van der Waals surface area (Å²) in [6.07, 6.45) is 4.86. The highest BCUT2D eigenvalue weighted by molar-refractivity contribution is 7.10. The molecule has 5 amide bonds. The molecule has 0 spiro atoms. The number of methoxy groups -OCH3 is 1. The van der Waals surface area contributed by atoms with E-state index in [1.54, 1.807) is 25.3 Å². The van der Waals surface area contributed by atoms with Crippen molar-refractivity contribution >= 4 is 52.0 Å². The number of fused-ring (bicyclic) bond motifs is 6. The molecule has 69 heavy (non-hydrogen) atoms. The lowest BCUT2D eigenvalue weighted by Gasteiger charge is -2.41.